The average molecular weight is 187 g/mol. The predicted molar refractivity (Wildman–Crippen MR) is 56.9 cm³/mol. The molecule has 1 aromatic rings. The van der Waals surface area contributed by atoms with E-state index in [2.05, 4.69) is 22.9 Å². The van der Waals surface area contributed by atoms with Gasteiger partial charge in [-0.1, -0.05) is 19.1 Å². The number of rotatable bonds is 4. The van der Waals surface area contributed by atoms with Crippen molar-refractivity contribution in [2.45, 2.75) is 13.3 Å². The quantitative estimate of drug-likeness (QED) is 0.736. The van der Waals surface area contributed by atoms with Crippen LogP contribution in [0.1, 0.15) is 18.9 Å². The third-order valence-corrected chi connectivity index (χ3v) is 1.93. The molecule has 0 aliphatic carbocycles. The summed E-state index contributed by atoms with van der Waals surface area (Å²) < 4.78 is 0. The van der Waals surface area contributed by atoms with E-state index >= 15 is 0 Å². The Balaban J connectivity index is 2.68. The lowest BCUT2D eigenvalue weighted by molar-refractivity contribution is 1.04. The molecule has 0 spiro atoms. The Morgan fingerprint density at radius 1 is 1.71 bits per heavy atom. The second-order valence-electron chi connectivity index (χ2n) is 2.97. The van der Waals surface area contributed by atoms with Gasteiger partial charge < -0.3 is 5.32 Å². The van der Waals surface area contributed by atoms with Gasteiger partial charge in [-0.3, -0.25) is 0 Å². The number of hydrogen-bond donors (Lipinski definition) is 1. The molecule has 1 N–H and O–H groups in total. The standard InChI is InChI=1S/C11H13N3/c1-3-9(2)8-14-11-10(7-12)5-4-6-13-11/h4-6H,2-3,8H2,1H3,(H,13,14). The zero-order chi connectivity index (χ0) is 10.4. The summed E-state index contributed by atoms with van der Waals surface area (Å²) in [7, 11) is 0. The number of hydrogen-bond acceptors (Lipinski definition) is 3. The van der Waals surface area contributed by atoms with Gasteiger partial charge >= 0.3 is 0 Å². The summed E-state index contributed by atoms with van der Waals surface area (Å²) in [4.78, 5) is 4.08. The molecule has 0 aromatic carbocycles. The van der Waals surface area contributed by atoms with Crippen LogP contribution in [-0.2, 0) is 0 Å². The van der Waals surface area contributed by atoms with Crippen molar-refractivity contribution in [3.05, 3.63) is 36.0 Å². The molecule has 3 heteroatoms. The van der Waals surface area contributed by atoms with Gasteiger partial charge in [0, 0.05) is 12.7 Å². The topological polar surface area (TPSA) is 48.7 Å². The summed E-state index contributed by atoms with van der Waals surface area (Å²) in [6.07, 6.45) is 2.60. The van der Waals surface area contributed by atoms with Crippen LogP contribution in [0.3, 0.4) is 0 Å². The fourth-order valence-corrected chi connectivity index (χ4v) is 0.970. The van der Waals surface area contributed by atoms with Crippen molar-refractivity contribution >= 4 is 5.82 Å². The number of aromatic nitrogens is 1. The van der Waals surface area contributed by atoms with Gasteiger partial charge in [-0.25, -0.2) is 4.98 Å². The molecule has 1 rings (SSSR count). The van der Waals surface area contributed by atoms with E-state index in [9.17, 15) is 0 Å². The number of nitrogens with zero attached hydrogens (tertiary/aromatic N) is 2. The molecule has 0 saturated carbocycles. The fourth-order valence-electron chi connectivity index (χ4n) is 0.970. The third kappa shape index (κ3) is 2.60. The minimum Gasteiger partial charge on any atom is -0.365 e. The lowest BCUT2D eigenvalue weighted by Crippen LogP contribution is -2.06. The minimum absolute atomic E-state index is 0.566. The van der Waals surface area contributed by atoms with Crippen LogP contribution < -0.4 is 5.32 Å². The highest BCUT2D eigenvalue weighted by atomic mass is 15.0. The van der Waals surface area contributed by atoms with E-state index in [4.69, 9.17) is 5.26 Å². The molecular formula is C11H13N3. The minimum atomic E-state index is 0.566. The first-order chi connectivity index (χ1) is 6.77. The Kier molecular flexibility index (Phi) is 3.69. The van der Waals surface area contributed by atoms with Crippen molar-refractivity contribution in [1.82, 2.24) is 4.98 Å². The molecule has 0 aliphatic heterocycles. The maximum Gasteiger partial charge on any atom is 0.144 e. The van der Waals surface area contributed by atoms with Crippen LogP contribution in [0.2, 0.25) is 0 Å². The Bertz CT molecular complexity index is 363. The van der Waals surface area contributed by atoms with E-state index in [0.29, 0.717) is 17.9 Å². The van der Waals surface area contributed by atoms with Crippen LogP contribution in [0.4, 0.5) is 5.82 Å². The molecule has 1 aromatic heterocycles. The molecule has 0 bridgehead atoms. The summed E-state index contributed by atoms with van der Waals surface area (Å²) in [5.74, 6) is 0.629. The highest BCUT2D eigenvalue weighted by Gasteiger charge is 2.00. The van der Waals surface area contributed by atoms with Crippen LogP contribution >= 0.6 is 0 Å². The molecule has 1 heterocycles. The average Bonchev–Trinajstić information content (AvgIpc) is 2.26. The van der Waals surface area contributed by atoms with Gasteiger partial charge in [0.25, 0.3) is 0 Å². The maximum absolute atomic E-state index is 8.79. The van der Waals surface area contributed by atoms with Gasteiger partial charge in [-0.2, -0.15) is 5.26 Å². The first-order valence-corrected chi connectivity index (χ1v) is 4.53. The van der Waals surface area contributed by atoms with Crippen molar-refractivity contribution in [3.63, 3.8) is 0 Å². The highest BCUT2D eigenvalue weighted by Crippen LogP contribution is 2.10. The Morgan fingerprint density at radius 3 is 3.14 bits per heavy atom. The predicted octanol–water partition coefficient (Wildman–Crippen LogP) is 2.33. The van der Waals surface area contributed by atoms with Crippen LogP contribution in [-0.4, -0.2) is 11.5 Å². The summed E-state index contributed by atoms with van der Waals surface area (Å²) in [6, 6.07) is 5.57. The van der Waals surface area contributed by atoms with Crippen molar-refractivity contribution < 1.29 is 0 Å². The van der Waals surface area contributed by atoms with E-state index in [1.54, 1.807) is 18.3 Å². The zero-order valence-electron chi connectivity index (χ0n) is 8.25. The molecule has 0 atom stereocenters. The van der Waals surface area contributed by atoms with E-state index in [0.717, 1.165) is 12.0 Å². The molecule has 14 heavy (non-hydrogen) atoms. The van der Waals surface area contributed by atoms with Crippen molar-refractivity contribution in [3.8, 4) is 6.07 Å². The third-order valence-electron chi connectivity index (χ3n) is 1.93. The lowest BCUT2D eigenvalue weighted by Gasteiger charge is -2.07. The number of pyridine rings is 1. The van der Waals surface area contributed by atoms with Crippen molar-refractivity contribution in [2.24, 2.45) is 0 Å². The summed E-state index contributed by atoms with van der Waals surface area (Å²) in [5, 5.41) is 11.9. The molecule has 3 nitrogen and oxygen atoms in total. The first kappa shape index (κ1) is 10.3. The summed E-state index contributed by atoms with van der Waals surface area (Å²) >= 11 is 0. The molecular weight excluding hydrogens is 174 g/mol. The fraction of sp³-hybridized carbons (Fsp3) is 0.273. The molecule has 0 amide bonds. The Labute approximate surface area is 84.1 Å². The Hall–Kier alpha value is -1.82. The monoisotopic (exact) mass is 187 g/mol. The maximum atomic E-state index is 8.79. The number of anilines is 1. The van der Waals surface area contributed by atoms with Gasteiger partial charge in [-0.05, 0) is 18.6 Å². The zero-order valence-corrected chi connectivity index (χ0v) is 8.25. The normalized spacial score (nSPS) is 9.14. The van der Waals surface area contributed by atoms with Crippen molar-refractivity contribution in [1.29, 1.82) is 5.26 Å². The van der Waals surface area contributed by atoms with E-state index in [1.165, 1.54) is 0 Å². The van der Waals surface area contributed by atoms with E-state index in [1.807, 2.05) is 6.92 Å². The second kappa shape index (κ2) is 5.03. The summed E-state index contributed by atoms with van der Waals surface area (Å²) in [6.45, 7) is 6.59. The second-order valence-corrected chi connectivity index (χ2v) is 2.97. The summed E-state index contributed by atoms with van der Waals surface area (Å²) in [5.41, 5.74) is 1.66. The van der Waals surface area contributed by atoms with E-state index in [-0.39, 0.29) is 0 Å². The van der Waals surface area contributed by atoms with Gasteiger partial charge in [-0.15, -0.1) is 0 Å². The first-order valence-electron chi connectivity index (χ1n) is 4.53. The highest BCUT2D eigenvalue weighted by molar-refractivity contribution is 5.51. The van der Waals surface area contributed by atoms with Crippen LogP contribution in [0, 0.1) is 11.3 Å². The SMILES string of the molecule is C=C(CC)CNc1ncccc1C#N. The largest absolute Gasteiger partial charge is 0.365 e. The molecule has 0 radical (unpaired) electrons. The molecule has 0 unspecified atom stereocenters. The number of nitriles is 1. The van der Waals surface area contributed by atoms with Gasteiger partial charge in [0.15, 0.2) is 0 Å². The van der Waals surface area contributed by atoms with Crippen molar-refractivity contribution in [2.75, 3.05) is 11.9 Å². The molecule has 0 aliphatic rings. The Morgan fingerprint density at radius 2 is 2.50 bits per heavy atom. The molecule has 0 fully saturated rings. The van der Waals surface area contributed by atoms with Crippen LogP contribution in [0.25, 0.3) is 0 Å². The number of nitrogens with one attached hydrogen (secondary N) is 1. The van der Waals surface area contributed by atoms with Gasteiger partial charge in [0.05, 0.1) is 5.56 Å². The van der Waals surface area contributed by atoms with Crippen LogP contribution in [0.15, 0.2) is 30.5 Å². The van der Waals surface area contributed by atoms with Gasteiger partial charge in [0.2, 0.25) is 0 Å². The molecule has 0 saturated heterocycles. The van der Waals surface area contributed by atoms with Gasteiger partial charge in [0.1, 0.15) is 11.9 Å². The smallest absolute Gasteiger partial charge is 0.144 e. The molecule has 72 valence electrons. The lowest BCUT2D eigenvalue weighted by atomic mass is 10.2. The van der Waals surface area contributed by atoms with Crippen LogP contribution in [0.5, 0.6) is 0 Å². The van der Waals surface area contributed by atoms with E-state index < -0.39 is 0 Å².